The average Bonchev–Trinajstić information content (AvgIpc) is 3.32. The number of cyclic esters (lactones) is 1. The normalized spacial score (nSPS) is 16.3. The van der Waals surface area contributed by atoms with Crippen molar-refractivity contribution < 1.29 is 19.1 Å². The molecule has 8 nitrogen and oxygen atoms in total. The first-order chi connectivity index (χ1) is 14.6. The maximum Gasteiger partial charge on any atom is 0.338 e. The van der Waals surface area contributed by atoms with Gasteiger partial charge >= 0.3 is 5.97 Å². The number of amides is 1. The SMILES string of the molecule is CCCNC(=O)C1(c2nc3c(-c4ccc5c(c4)COC5=O)ccc(OC)n3n2)CC1. The number of aromatic nitrogens is 3. The molecule has 3 aromatic rings. The minimum absolute atomic E-state index is 0.0195. The van der Waals surface area contributed by atoms with Crippen LogP contribution in [0.15, 0.2) is 30.3 Å². The lowest BCUT2D eigenvalue weighted by Crippen LogP contribution is -2.35. The van der Waals surface area contributed by atoms with Crippen molar-refractivity contribution in [3.63, 3.8) is 0 Å². The largest absolute Gasteiger partial charge is 0.481 e. The summed E-state index contributed by atoms with van der Waals surface area (Å²) in [5.74, 6) is 0.738. The summed E-state index contributed by atoms with van der Waals surface area (Å²) in [6.45, 7) is 2.93. The molecule has 8 heteroatoms. The summed E-state index contributed by atoms with van der Waals surface area (Å²) in [6, 6.07) is 9.34. The number of nitrogens with one attached hydrogen (secondary N) is 1. The van der Waals surface area contributed by atoms with E-state index in [4.69, 9.17) is 14.5 Å². The monoisotopic (exact) mass is 406 g/mol. The van der Waals surface area contributed by atoms with Crippen LogP contribution in [0.2, 0.25) is 0 Å². The molecule has 2 aliphatic rings. The van der Waals surface area contributed by atoms with Gasteiger partial charge in [-0.3, -0.25) is 4.79 Å². The van der Waals surface area contributed by atoms with Crippen molar-refractivity contribution in [3.8, 4) is 17.0 Å². The molecule has 0 saturated heterocycles. The molecule has 2 aromatic heterocycles. The third-order valence-corrected chi connectivity index (χ3v) is 5.80. The van der Waals surface area contributed by atoms with Crippen molar-refractivity contribution in [3.05, 3.63) is 47.3 Å². The highest BCUT2D eigenvalue weighted by Gasteiger charge is 2.54. The molecule has 0 spiro atoms. The summed E-state index contributed by atoms with van der Waals surface area (Å²) in [5.41, 5.74) is 3.14. The molecule has 1 aromatic carbocycles. The minimum Gasteiger partial charge on any atom is -0.481 e. The van der Waals surface area contributed by atoms with Crippen LogP contribution in [-0.4, -0.2) is 40.1 Å². The molecule has 154 valence electrons. The van der Waals surface area contributed by atoms with E-state index < -0.39 is 5.41 Å². The van der Waals surface area contributed by atoms with E-state index in [1.807, 2.05) is 31.2 Å². The molecule has 3 heterocycles. The van der Waals surface area contributed by atoms with Crippen molar-refractivity contribution in [1.29, 1.82) is 0 Å². The average molecular weight is 406 g/mol. The van der Waals surface area contributed by atoms with E-state index >= 15 is 0 Å². The number of carbonyl (C=O) groups is 2. The van der Waals surface area contributed by atoms with Crippen molar-refractivity contribution >= 4 is 17.5 Å². The van der Waals surface area contributed by atoms with Gasteiger partial charge in [0.1, 0.15) is 12.0 Å². The second-order valence-electron chi connectivity index (χ2n) is 7.75. The first kappa shape index (κ1) is 18.6. The molecule has 5 rings (SSSR count). The smallest absolute Gasteiger partial charge is 0.338 e. The Kier molecular flexibility index (Phi) is 4.23. The third-order valence-electron chi connectivity index (χ3n) is 5.80. The van der Waals surface area contributed by atoms with Gasteiger partial charge in [-0.25, -0.2) is 9.78 Å². The maximum atomic E-state index is 12.8. The van der Waals surface area contributed by atoms with E-state index in [2.05, 4.69) is 10.4 Å². The molecule has 0 unspecified atom stereocenters. The number of hydrogen-bond acceptors (Lipinski definition) is 6. The Labute approximate surface area is 173 Å². The summed E-state index contributed by atoms with van der Waals surface area (Å²) < 4.78 is 12.2. The van der Waals surface area contributed by atoms with E-state index in [0.29, 0.717) is 29.5 Å². The van der Waals surface area contributed by atoms with Crippen LogP contribution < -0.4 is 10.1 Å². The van der Waals surface area contributed by atoms with Crippen molar-refractivity contribution in [1.82, 2.24) is 19.9 Å². The van der Waals surface area contributed by atoms with Gasteiger partial charge < -0.3 is 14.8 Å². The van der Waals surface area contributed by atoms with Gasteiger partial charge in [-0.2, -0.15) is 4.52 Å². The molecule has 1 N–H and O–H groups in total. The number of pyridine rings is 1. The highest BCUT2D eigenvalue weighted by Crippen LogP contribution is 2.47. The second kappa shape index (κ2) is 6.83. The number of nitrogens with zero attached hydrogens (tertiary/aromatic N) is 3. The van der Waals surface area contributed by atoms with Crippen LogP contribution in [0.5, 0.6) is 5.88 Å². The Balaban J connectivity index is 1.61. The molecule has 1 saturated carbocycles. The summed E-state index contributed by atoms with van der Waals surface area (Å²) in [4.78, 5) is 29.3. The van der Waals surface area contributed by atoms with Gasteiger partial charge in [0.2, 0.25) is 11.8 Å². The highest BCUT2D eigenvalue weighted by atomic mass is 16.5. The lowest BCUT2D eigenvalue weighted by atomic mass is 10.0. The number of carbonyl (C=O) groups excluding carboxylic acids is 2. The number of fused-ring (bicyclic) bond motifs is 2. The van der Waals surface area contributed by atoms with Crippen LogP contribution in [0.1, 0.15) is 47.9 Å². The standard InChI is InChI=1S/C22H22N4O4/c1-3-10-23-21(28)22(8-9-22)20-24-18-15(6-7-17(29-2)26(18)25-20)13-4-5-16-14(11-13)12-30-19(16)27/h4-7,11H,3,8-10,12H2,1-2H3,(H,23,28). The van der Waals surface area contributed by atoms with Crippen LogP contribution in [0.3, 0.4) is 0 Å². The quantitative estimate of drug-likeness (QED) is 0.633. The van der Waals surface area contributed by atoms with Gasteiger partial charge in [0.25, 0.3) is 0 Å². The molecule has 0 radical (unpaired) electrons. The lowest BCUT2D eigenvalue weighted by Gasteiger charge is -2.10. The van der Waals surface area contributed by atoms with E-state index in [9.17, 15) is 9.59 Å². The number of esters is 1. The Morgan fingerprint density at radius 1 is 1.27 bits per heavy atom. The first-order valence-corrected chi connectivity index (χ1v) is 10.1. The van der Waals surface area contributed by atoms with Gasteiger partial charge in [0.05, 0.1) is 12.7 Å². The molecule has 30 heavy (non-hydrogen) atoms. The molecule has 1 fully saturated rings. The number of hydrogen-bond donors (Lipinski definition) is 1. The Morgan fingerprint density at radius 3 is 2.80 bits per heavy atom. The van der Waals surface area contributed by atoms with Gasteiger partial charge in [-0.15, -0.1) is 5.10 Å². The fourth-order valence-corrected chi connectivity index (χ4v) is 3.91. The fourth-order valence-electron chi connectivity index (χ4n) is 3.91. The zero-order chi connectivity index (χ0) is 20.9. The third kappa shape index (κ3) is 2.74. The van der Waals surface area contributed by atoms with E-state index in [1.165, 1.54) is 0 Å². The predicted octanol–water partition coefficient (Wildman–Crippen LogP) is 2.63. The van der Waals surface area contributed by atoms with Gasteiger partial charge in [-0.05, 0) is 43.0 Å². The van der Waals surface area contributed by atoms with Crippen LogP contribution in [0.4, 0.5) is 0 Å². The molecule has 1 aliphatic carbocycles. The Morgan fingerprint density at radius 2 is 2.07 bits per heavy atom. The molecule has 1 aliphatic heterocycles. The lowest BCUT2D eigenvalue weighted by molar-refractivity contribution is -0.123. The molecular formula is C22H22N4O4. The molecular weight excluding hydrogens is 384 g/mol. The molecule has 0 bridgehead atoms. The molecule has 1 amide bonds. The minimum atomic E-state index is -0.665. The molecule has 0 atom stereocenters. The summed E-state index contributed by atoms with van der Waals surface area (Å²) in [5, 5.41) is 7.64. The summed E-state index contributed by atoms with van der Waals surface area (Å²) in [6.07, 6.45) is 2.34. The topological polar surface area (TPSA) is 94.8 Å². The van der Waals surface area contributed by atoms with Crippen molar-refractivity contribution in [2.45, 2.75) is 38.2 Å². The van der Waals surface area contributed by atoms with Crippen molar-refractivity contribution in [2.75, 3.05) is 13.7 Å². The zero-order valence-corrected chi connectivity index (χ0v) is 16.9. The van der Waals surface area contributed by atoms with Crippen LogP contribution >= 0.6 is 0 Å². The number of ether oxygens (including phenoxy) is 2. The Hall–Kier alpha value is -3.42. The number of rotatable bonds is 6. The first-order valence-electron chi connectivity index (χ1n) is 10.1. The van der Waals surface area contributed by atoms with Gasteiger partial charge in [-0.1, -0.05) is 13.0 Å². The van der Waals surface area contributed by atoms with Crippen LogP contribution in [0, 0.1) is 0 Å². The highest BCUT2D eigenvalue weighted by molar-refractivity contribution is 5.95. The van der Waals surface area contributed by atoms with Crippen LogP contribution in [0.25, 0.3) is 16.8 Å². The van der Waals surface area contributed by atoms with E-state index in [0.717, 1.165) is 36.0 Å². The second-order valence-corrected chi connectivity index (χ2v) is 7.75. The van der Waals surface area contributed by atoms with E-state index in [1.54, 1.807) is 17.7 Å². The fraction of sp³-hybridized carbons (Fsp3) is 0.364. The van der Waals surface area contributed by atoms with E-state index in [-0.39, 0.29) is 18.5 Å². The number of benzene rings is 1. The predicted molar refractivity (Wildman–Crippen MR) is 108 cm³/mol. The number of methoxy groups -OCH3 is 1. The zero-order valence-electron chi connectivity index (χ0n) is 16.9. The summed E-state index contributed by atoms with van der Waals surface area (Å²) >= 11 is 0. The Bertz CT molecular complexity index is 1180. The maximum absolute atomic E-state index is 12.8. The van der Waals surface area contributed by atoms with Gasteiger partial charge in [0.15, 0.2) is 11.5 Å². The van der Waals surface area contributed by atoms with Gasteiger partial charge in [0, 0.05) is 23.7 Å². The summed E-state index contributed by atoms with van der Waals surface area (Å²) in [7, 11) is 1.58. The van der Waals surface area contributed by atoms with Crippen LogP contribution in [-0.2, 0) is 21.6 Å². The van der Waals surface area contributed by atoms with Crippen molar-refractivity contribution in [2.24, 2.45) is 0 Å².